The molecule has 1 N–H and O–H groups in total. The third-order valence-corrected chi connectivity index (χ3v) is 6.92. The summed E-state index contributed by atoms with van der Waals surface area (Å²) in [6, 6.07) is 12.9. The van der Waals surface area contributed by atoms with Crippen molar-refractivity contribution < 1.29 is 19.0 Å². The highest BCUT2D eigenvalue weighted by atomic mass is 19.1. The number of aliphatic carboxylic acids is 1. The van der Waals surface area contributed by atoms with Crippen molar-refractivity contribution in [2.75, 3.05) is 26.7 Å². The van der Waals surface area contributed by atoms with Gasteiger partial charge in [-0.3, -0.25) is 14.7 Å². The Hall–Kier alpha value is -3.43. The van der Waals surface area contributed by atoms with Gasteiger partial charge < -0.3 is 9.84 Å². The van der Waals surface area contributed by atoms with Crippen LogP contribution in [0, 0.1) is 36.4 Å². The molecule has 4 rings (SSSR count). The van der Waals surface area contributed by atoms with Crippen molar-refractivity contribution in [2.24, 2.45) is 11.8 Å². The fourth-order valence-electron chi connectivity index (χ4n) is 4.84. The second-order valence-corrected chi connectivity index (χ2v) is 9.24. The highest BCUT2D eigenvalue weighted by Crippen LogP contribution is 2.30. The number of ether oxygens (including phenoxy) is 1. The van der Waals surface area contributed by atoms with Crippen molar-refractivity contribution in [1.82, 2.24) is 9.88 Å². The van der Waals surface area contributed by atoms with Gasteiger partial charge in [-0.25, -0.2) is 4.39 Å². The quantitative estimate of drug-likeness (QED) is 0.484. The van der Waals surface area contributed by atoms with Gasteiger partial charge in [-0.2, -0.15) is 0 Å². The average molecular weight is 475 g/mol. The van der Waals surface area contributed by atoms with Gasteiger partial charge in [0.2, 0.25) is 0 Å². The first-order valence-corrected chi connectivity index (χ1v) is 12.1. The second kappa shape index (κ2) is 11.3. The molecule has 0 spiro atoms. The van der Waals surface area contributed by atoms with E-state index in [1.165, 1.54) is 11.6 Å². The molecule has 35 heavy (non-hydrogen) atoms. The van der Waals surface area contributed by atoms with Crippen LogP contribution in [-0.2, 0) is 11.2 Å². The molecule has 3 aromatic rings. The average Bonchev–Trinajstić information content (AvgIpc) is 2.86. The first-order valence-electron chi connectivity index (χ1n) is 12.1. The standard InChI is InChI=1S/C29H31FN2O3/c1-20-8-9-21(17-27(20)30)5-4-15-32-16-13-23(26(19-32)29(33)34)7-3-6-22-12-14-31-28-11-10-24(35-2)18-25(22)28/h8-12,14,17-18,23,26H,3,6-7,13,15-16,19H2,1-2H3,(H,33,34)/t23-,26+/m1/s1. The molecular formula is C29H31FN2O3. The highest BCUT2D eigenvalue weighted by molar-refractivity contribution is 5.83. The third kappa shape index (κ3) is 6.17. The minimum atomic E-state index is -0.743. The molecule has 182 valence electrons. The predicted octanol–water partition coefficient (Wildman–Crippen LogP) is 5.09. The van der Waals surface area contributed by atoms with Crippen molar-refractivity contribution >= 4 is 16.9 Å². The lowest BCUT2D eigenvalue weighted by atomic mass is 9.81. The summed E-state index contributed by atoms with van der Waals surface area (Å²) < 4.78 is 19.1. The van der Waals surface area contributed by atoms with E-state index in [4.69, 9.17) is 4.74 Å². The number of nitrogens with zero attached hydrogens (tertiary/aromatic N) is 2. The number of carboxylic acid groups (broad SMARTS) is 1. The zero-order chi connectivity index (χ0) is 24.8. The van der Waals surface area contributed by atoms with Crippen LogP contribution in [0.15, 0.2) is 48.7 Å². The molecular weight excluding hydrogens is 443 g/mol. The fraction of sp³-hybridized carbons (Fsp3) is 0.379. The van der Waals surface area contributed by atoms with Gasteiger partial charge in [0.15, 0.2) is 0 Å². The van der Waals surface area contributed by atoms with E-state index in [9.17, 15) is 14.3 Å². The van der Waals surface area contributed by atoms with Crippen LogP contribution in [0.2, 0.25) is 0 Å². The van der Waals surface area contributed by atoms with Crippen LogP contribution in [-0.4, -0.2) is 47.7 Å². The normalized spacial score (nSPS) is 18.1. The number of likely N-dealkylation sites (tertiary alicyclic amines) is 1. The number of carboxylic acids is 1. The van der Waals surface area contributed by atoms with E-state index in [-0.39, 0.29) is 11.7 Å². The maximum atomic E-state index is 13.7. The SMILES string of the molecule is COc1ccc2nccc(CCC[C@@H]3CCN(CC#Cc4ccc(C)c(F)c4)C[C@@H]3C(=O)O)c2c1. The molecule has 2 heterocycles. The lowest BCUT2D eigenvalue weighted by molar-refractivity contribution is -0.146. The van der Waals surface area contributed by atoms with Crippen LogP contribution in [0.1, 0.15) is 36.0 Å². The van der Waals surface area contributed by atoms with Crippen molar-refractivity contribution in [3.63, 3.8) is 0 Å². The predicted molar refractivity (Wildman–Crippen MR) is 135 cm³/mol. The number of hydrogen-bond donors (Lipinski definition) is 1. The Morgan fingerprint density at radius 1 is 1.26 bits per heavy atom. The summed E-state index contributed by atoms with van der Waals surface area (Å²) in [7, 11) is 1.66. The number of aryl methyl sites for hydroxylation is 2. The molecule has 6 heteroatoms. The first kappa shape index (κ1) is 24.7. The fourth-order valence-corrected chi connectivity index (χ4v) is 4.84. The minimum Gasteiger partial charge on any atom is -0.497 e. The minimum absolute atomic E-state index is 0.144. The molecule has 1 aliphatic heterocycles. The molecule has 1 aromatic heterocycles. The second-order valence-electron chi connectivity index (χ2n) is 9.24. The number of halogens is 1. The number of hydrogen-bond acceptors (Lipinski definition) is 4. The van der Waals surface area contributed by atoms with Gasteiger partial charge in [-0.05, 0) is 92.6 Å². The number of aromatic nitrogens is 1. The number of benzene rings is 2. The molecule has 0 unspecified atom stereocenters. The van der Waals surface area contributed by atoms with Gasteiger partial charge in [-0.15, -0.1) is 0 Å². The summed E-state index contributed by atoms with van der Waals surface area (Å²) in [5.74, 6) is 5.62. The summed E-state index contributed by atoms with van der Waals surface area (Å²) >= 11 is 0. The van der Waals surface area contributed by atoms with E-state index < -0.39 is 11.9 Å². The molecule has 0 radical (unpaired) electrons. The first-order chi connectivity index (χ1) is 16.9. The maximum absolute atomic E-state index is 13.7. The highest BCUT2D eigenvalue weighted by Gasteiger charge is 2.33. The number of methoxy groups -OCH3 is 1. The van der Waals surface area contributed by atoms with E-state index >= 15 is 0 Å². The molecule has 1 fully saturated rings. The number of pyridine rings is 1. The zero-order valence-electron chi connectivity index (χ0n) is 20.3. The van der Waals surface area contributed by atoms with Crippen LogP contribution >= 0.6 is 0 Å². The van der Waals surface area contributed by atoms with Crippen LogP contribution < -0.4 is 4.74 Å². The molecule has 0 amide bonds. The molecule has 2 atom stereocenters. The molecule has 0 aliphatic carbocycles. The number of carbonyl (C=O) groups is 1. The van der Waals surface area contributed by atoms with Crippen LogP contribution in [0.3, 0.4) is 0 Å². The van der Waals surface area contributed by atoms with Gasteiger partial charge in [-0.1, -0.05) is 17.9 Å². The van der Waals surface area contributed by atoms with Gasteiger partial charge >= 0.3 is 5.97 Å². The summed E-state index contributed by atoms with van der Waals surface area (Å²) in [6.07, 6.45) is 5.32. The Morgan fingerprint density at radius 2 is 2.11 bits per heavy atom. The van der Waals surface area contributed by atoms with Crippen LogP contribution in [0.25, 0.3) is 10.9 Å². The van der Waals surface area contributed by atoms with Crippen molar-refractivity contribution in [3.05, 3.63) is 71.2 Å². The van der Waals surface area contributed by atoms with Crippen molar-refractivity contribution in [1.29, 1.82) is 0 Å². The van der Waals surface area contributed by atoms with E-state index in [0.717, 1.165) is 48.9 Å². The van der Waals surface area contributed by atoms with E-state index in [1.807, 2.05) is 30.5 Å². The summed E-state index contributed by atoms with van der Waals surface area (Å²) in [6.45, 7) is 3.52. The van der Waals surface area contributed by atoms with Gasteiger partial charge in [0, 0.05) is 23.7 Å². The molecule has 1 aliphatic rings. The van der Waals surface area contributed by atoms with Crippen LogP contribution in [0.5, 0.6) is 5.75 Å². The maximum Gasteiger partial charge on any atom is 0.308 e. The Balaban J connectivity index is 1.34. The summed E-state index contributed by atoms with van der Waals surface area (Å²) in [5, 5.41) is 11.0. The lowest BCUT2D eigenvalue weighted by Gasteiger charge is -2.35. The topological polar surface area (TPSA) is 62.7 Å². The Kier molecular flexibility index (Phi) is 7.99. The lowest BCUT2D eigenvalue weighted by Crippen LogP contribution is -2.44. The smallest absolute Gasteiger partial charge is 0.308 e. The van der Waals surface area contributed by atoms with Gasteiger partial charge in [0.25, 0.3) is 0 Å². The third-order valence-electron chi connectivity index (χ3n) is 6.92. The van der Waals surface area contributed by atoms with Crippen molar-refractivity contribution in [2.45, 2.75) is 32.6 Å². The molecule has 5 nitrogen and oxygen atoms in total. The van der Waals surface area contributed by atoms with E-state index in [0.29, 0.717) is 24.2 Å². The Morgan fingerprint density at radius 3 is 2.89 bits per heavy atom. The summed E-state index contributed by atoms with van der Waals surface area (Å²) in [4.78, 5) is 18.6. The van der Waals surface area contributed by atoms with Gasteiger partial charge in [0.05, 0.1) is 25.1 Å². The summed E-state index contributed by atoms with van der Waals surface area (Å²) in [5.41, 5.74) is 3.38. The zero-order valence-corrected chi connectivity index (χ0v) is 20.3. The van der Waals surface area contributed by atoms with Crippen LogP contribution in [0.4, 0.5) is 4.39 Å². The number of piperidine rings is 1. The Bertz CT molecular complexity index is 1260. The molecule has 2 aromatic carbocycles. The number of rotatable bonds is 7. The molecule has 0 bridgehead atoms. The number of fused-ring (bicyclic) bond motifs is 1. The van der Waals surface area contributed by atoms with E-state index in [2.05, 4.69) is 21.7 Å². The monoisotopic (exact) mass is 474 g/mol. The Labute approximate surface area is 205 Å². The van der Waals surface area contributed by atoms with Crippen molar-refractivity contribution in [3.8, 4) is 17.6 Å². The largest absolute Gasteiger partial charge is 0.497 e. The van der Waals surface area contributed by atoms with Gasteiger partial charge in [0.1, 0.15) is 11.6 Å². The molecule has 0 saturated carbocycles. The molecule has 1 saturated heterocycles. The van der Waals surface area contributed by atoms with E-state index in [1.54, 1.807) is 26.2 Å².